The molecule has 0 aromatic heterocycles. The van der Waals surface area contributed by atoms with Gasteiger partial charge in [-0.1, -0.05) is 37.6 Å². The van der Waals surface area contributed by atoms with Crippen molar-refractivity contribution in [1.82, 2.24) is 0 Å². The molecule has 1 heterocycles. The maximum absolute atomic E-state index is 6.12. The number of fused-ring (bicyclic) bond motifs is 1. The van der Waals surface area contributed by atoms with Gasteiger partial charge in [0.2, 0.25) is 0 Å². The third-order valence-corrected chi connectivity index (χ3v) is 3.26. The molecule has 0 atom stereocenters. The molecular formula is C14H17ClO. The van der Waals surface area contributed by atoms with Crippen molar-refractivity contribution in [2.24, 2.45) is 5.41 Å². The molecule has 1 aromatic rings. The molecule has 86 valence electrons. The van der Waals surface area contributed by atoms with Crippen molar-refractivity contribution in [1.29, 1.82) is 0 Å². The van der Waals surface area contributed by atoms with Crippen LogP contribution in [-0.2, 0) is 6.42 Å². The molecule has 1 nitrogen and oxygen atoms in total. The van der Waals surface area contributed by atoms with E-state index >= 15 is 0 Å². The Morgan fingerprint density at radius 1 is 1.31 bits per heavy atom. The van der Waals surface area contributed by atoms with Gasteiger partial charge in [0, 0.05) is 10.4 Å². The number of allylic oxidation sites excluding steroid dienone is 1. The Morgan fingerprint density at radius 3 is 2.81 bits per heavy atom. The highest BCUT2D eigenvalue weighted by Gasteiger charge is 2.18. The van der Waals surface area contributed by atoms with Crippen LogP contribution < -0.4 is 4.74 Å². The fourth-order valence-corrected chi connectivity index (χ4v) is 1.99. The van der Waals surface area contributed by atoms with Gasteiger partial charge in [0.1, 0.15) is 5.75 Å². The minimum atomic E-state index is 0.102. The van der Waals surface area contributed by atoms with Crippen molar-refractivity contribution in [2.75, 3.05) is 6.61 Å². The summed E-state index contributed by atoms with van der Waals surface area (Å²) in [7, 11) is 0. The first-order valence-corrected chi connectivity index (χ1v) is 5.95. The number of aryl methyl sites for hydroxylation is 1. The van der Waals surface area contributed by atoms with E-state index < -0.39 is 0 Å². The average molecular weight is 237 g/mol. The number of halogens is 1. The minimum Gasteiger partial charge on any atom is -0.492 e. The summed E-state index contributed by atoms with van der Waals surface area (Å²) in [4.78, 5) is 0. The molecule has 1 aliphatic rings. The molecule has 0 fully saturated rings. The Labute approximate surface area is 102 Å². The SMILES string of the molecule is Cc1cc2c(cc1Cl)C/C=C\C(C)(C)CO2. The maximum Gasteiger partial charge on any atom is 0.123 e. The Hall–Kier alpha value is -0.950. The number of hydrogen-bond acceptors (Lipinski definition) is 1. The Bertz CT molecular complexity index is 433. The molecule has 0 spiro atoms. The van der Waals surface area contributed by atoms with E-state index in [4.69, 9.17) is 16.3 Å². The lowest BCUT2D eigenvalue weighted by atomic mass is 9.92. The van der Waals surface area contributed by atoms with Gasteiger partial charge in [-0.05, 0) is 36.6 Å². The molecule has 16 heavy (non-hydrogen) atoms. The van der Waals surface area contributed by atoms with Gasteiger partial charge in [-0.15, -0.1) is 0 Å². The number of ether oxygens (including phenoxy) is 1. The smallest absolute Gasteiger partial charge is 0.123 e. The third-order valence-electron chi connectivity index (χ3n) is 2.85. The van der Waals surface area contributed by atoms with E-state index in [1.165, 1.54) is 5.56 Å². The van der Waals surface area contributed by atoms with Crippen molar-refractivity contribution in [3.05, 3.63) is 40.4 Å². The second-order valence-corrected chi connectivity index (χ2v) is 5.50. The van der Waals surface area contributed by atoms with E-state index in [1.54, 1.807) is 0 Å². The zero-order valence-electron chi connectivity index (χ0n) is 10.0. The lowest BCUT2D eigenvalue weighted by molar-refractivity contribution is 0.217. The van der Waals surface area contributed by atoms with E-state index in [2.05, 4.69) is 26.0 Å². The van der Waals surface area contributed by atoms with Gasteiger partial charge in [0.05, 0.1) is 6.61 Å². The summed E-state index contributed by atoms with van der Waals surface area (Å²) in [6.45, 7) is 7.07. The third kappa shape index (κ3) is 2.41. The van der Waals surface area contributed by atoms with Crippen LogP contribution in [0.1, 0.15) is 25.0 Å². The summed E-state index contributed by atoms with van der Waals surface area (Å²) in [6.07, 6.45) is 5.30. The molecule has 2 heteroatoms. The van der Waals surface area contributed by atoms with Gasteiger partial charge in [0.25, 0.3) is 0 Å². The summed E-state index contributed by atoms with van der Waals surface area (Å²) in [5, 5.41) is 0.815. The fraction of sp³-hybridized carbons (Fsp3) is 0.429. The van der Waals surface area contributed by atoms with Crippen LogP contribution >= 0.6 is 11.6 Å². The molecule has 0 radical (unpaired) electrons. The number of benzene rings is 1. The highest BCUT2D eigenvalue weighted by atomic mass is 35.5. The molecule has 0 saturated heterocycles. The zero-order chi connectivity index (χ0) is 11.8. The summed E-state index contributed by atoms with van der Waals surface area (Å²) in [5.74, 6) is 0.972. The van der Waals surface area contributed by atoms with Gasteiger partial charge >= 0.3 is 0 Å². The molecule has 1 aliphatic heterocycles. The van der Waals surface area contributed by atoms with Gasteiger partial charge in [0.15, 0.2) is 0 Å². The van der Waals surface area contributed by atoms with Crippen LogP contribution in [0, 0.1) is 12.3 Å². The van der Waals surface area contributed by atoms with Crippen LogP contribution in [-0.4, -0.2) is 6.61 Å². The summed E-state index contributed by atoms with van der Waals surface area (Å²) < 4.78 is 5.87. The molecule has 0 bridgehead atoms. The van der Waals surface area contributed by atoms with Crippen LogP contribution in [0.4, 0.5) is 0 Å². The lowest BCUT2D eigenvalue weighted by Crippen LogP contribution is -2.20. The highest BCUT2D eigenvalue weighted by molar-refractivity contribution is 6.31. The van der Waals surface area contributed by atoms with E-state index in [-0.39, 0.29) is 5.41 Å². The second-order valence-electron chi connectivity index (χ2n) is 5.09. The number of hydrogen-bond donors (Lipinski definition) is 0. The molecule has 0 aliphatic carbocycles. The molecule has 0 unspecified atom stereocenters. The topological polar surface area (TPSA) is 9.23 Å². The first kappa shape index (κ1) is 11.5. The molecular weight excluding hydrogens is 220 g/mol. The van der Waals surface area contributed by atoms with Gasteiger partial charge < -0.3 is 4.74 Å². The van der Waals surface area contributed by atoms with E-state index in [0.29, 0.717) is 6.61 Å². The largest absolute Gasteiger partial charge is 0.492 e. The first-order valence-electron chi connectivity index (χ1n) is 5.57. The van der Waals surface area contributed by atoms with Crippen molar-refractivity contribution in [3.63, 3.8) is 0 Å². The maximum atomic E-state index is 6.12. The second kappa shape index (κ2) is 4.14. The van der Waals surface area contributed by atoms with Crippen molar-refractivity contribution >= 4 is 11.6 Å². The van der Waals surface area contributed by atoms with Crippen LogP contribution in [0.5, 0.6) is 5.75 Å². The predicted octanol–water partition coefficient (Wildman–Crippen LogP) is 4.17. The lowest BCUT2D eigenvalue weighted by Gasteiger charge is -2.24. The van der Waals surface area contributed by atoms with E-state index in [0.717, 1.165) is 22.8 Å². The normalized spacial score (nSPS) is 20.2. The molecule has 0 saturated carbocycles. The quantitative estimate of drug-likeness (QED) is 0.615. The van der Waals surface area contributed by atoms with Gasteiger partial charge in [-0.3, -0.25) is 0 Å². The molecule has 0 amide bonds. The Balaban J connectivity index is 2.38. The highest BCUT2D eigenvalue weighted by Crippen LogP contribution is 2.31. The van der Waals surface area contributed by atoms with Crippen molar-refractivity contribution < 1.29 is 4.74 Å². The Morgan fingerprint density at radius 2 is 2.06 bits per heavy atom. The number of rotatable bonds is 0. The van der Waals surface area contributed by atoms with E-state index in [1.807, 2.05) is 19.1 Å². The van der Waals surface area contributed by atoms with Crippen molar-refractivity contribution in [2.45, 2.75) is 27.2 Å². The van der Waals surface area contributed by atoms with Crippen LogP contribution in [0.3, 0.4) is 0 Å². The van der Waals surface area contributed by atoms with Gasteiger partial charge in [-0.25, -0.2) is 0 Å². The Kier molecular flexibility index (Phi) is 2.98. The summed E-state index contributed by atoms with van der Waals surface area (Å²) in [6, 6.07) is 4.04. The minimum absolute atomic E-state index is 0.102. The monoisotopic (exact) mass is 236 g/mol. The standard InChI is InChI=1S/C14H17ClO/c1-10-7-13-11(8-12(10)15)5-4-6-14(2,3)9-16-13/h4,6-8H,5,9H2,1-3H3/b6-4-. The fourth-order valence-electron chi connectivity index (χ4n) is 1.81. The first-order chi connectivity index (χ1) is 7.48. The summed E-state index contributed by atoms with van der Waals surface area (Å²) >= 11 is 6.12. The molecule has 0 N–H and O–H groups in total. The van der Waals surface area contributed by atoms with Crippen molar-refractivity contribution in [3.8, 4) is 5.75 Å². The van der Waals surface area contributed by atoms with Gasteiger partial charge in [-0.2, -0.15) is 0 Å². The predicted molar refractivity (Wildman–Crippen MR) is 68.3 cm³/mol. The van der Waals surface area contributed by atoms with Crippen LogP contribution in [0.2, 0.25) is 5.02 Å². The van der Waals surface area contributed by atoms with E-state index in [9.17, 15) is 0 Å². The van der Waals surface area contributed by atoms with Crippen LogP contribution in [0.25, 0.3) is 0 Å². The van der Waals surface area contributed by atoms with Crippen LogP contribution in [0.15, 0.2) is 24.3 Å². The summed E-state index contributed by atoms with van der Waals surface area (Å²) in [5.41, 5.74) is 2.34. The molecule has 1 aromatic carbocycles. The zero-order valence-corrected chi connectivity index (χ0v) is 10.8. The molecule has 2 rings (SSSR count). The average Bonchev–Trinajstić information content (AvgIpc) is 2.19.